The Hall–Kier alpha value is -0.550. The summed E-state index contributed by atoms with van der Waals surface area (Å²) in [6, 6.07) is 9.29. The lowest BCUT2D eigenvalue weighted by Crippen LogP contribution is -2.38. The highest BCUT2D eigenvalue weighted by Gasteiger charge is 2.43. The summed E-state index contributed by atoms with van der Waals surface area (Å²) in [7, 11) is 4.41. The largest absolute Gasteiger partial charge is 0.377 e. The molecule has 0 bridgehead atoms. The highest BCUT2D eigenvalue weighted by Crippen LogP contribution is 2.63. The first-order chi connectivity index (χ1) is 14.7. The zero-order chi connectivity index (χ0) is 22.7. The number of anilines is 1. The Morgan fingerprint density at radius 3 is 1.74 bits per heavy atom. The summed E-state index contributed by atoms with van der Waals surface area (Å²) >= 11 is 0. The van der Waals surface area contributed by atoms with E-state index in [1.807, 2.05) is 0 Å². The van der Waals surface area contributed by atoms with Gasteiger partial charge in [0.2, 0.25) is 0 Å². The third-order valence-corrected chi connectivity index (χ3v) is 12.3. The number of hydrogen-bond acceptors (Lipinski definition) is 1. The Morgan fingerprint density at radius 2 is 1.29 bits per heavy atom. The SMILES string of the molecule is CC1CCC(C(C)C)C(P(Cc2ccccc2N(C)C)C2CC(C)CCC2C(C)C)C1. The molecule has 2 aliphatic rings. The van der Waals surface area contributed by atoms with Gasteiger partial charge in [-0.25, -0.2) is 0 Å². The minimum atomic E-state index is -0.0377. The lowest BCUT2D eigenvalue weighted by Gasteiger charge is -2.50. The predicted molar refractivity (Wildman–Crippen MR) is 142 cm³/mol. The van der Waals surface area contributed by atoms with Crippen molar-refractivity contribution in [3.63, 3.8) is 0 Å². The second-order valence-corrected chi connectivity index (χ2v) is 14.7. The van der Waals surface area contributed by atoms with E-state index in [9.17, 15) is 0 Å². The van der Waals surface area contributed by atoms with Crippen LogP contribution in [-0.2, 0) is 6.16 Å². The molecule has 2 fully saturated rings. The van der Waals surface area contributed by atoms with Crippen molar-refractivity contribution >= 4 is 13.6 Å². The molecular formula is C29H50NP. The molecule has 0 N–H and O–H groups in total. The van der Waals surface area contributed by atoms with Crippen molar-refractivity contribution in [1.82, 2.24) is 0 Å². The first kappa shape index (κ1) is 25.1. The fourth-order valence-corrected chi connectivity index (χ4v) is 11.7. The third-order valence-electron chi connectivity index (χ3n) is 8.65. The fourth-order valence-electron chi connectivity index (χ4n) is 6.82. The lowest BCUT2D eigenvalue weighted by molar-refractivity contribution is 0.222. The van der Waals surface area contributed by atoms with Crippen molar-refractivity contribution in [1.29, 1.82) is 0 Å². The van der Waals surface area contributed by atoms with Crippen LogP contribution in [-0.4, -0.2) is 25.4 Å². The van der Waals surface area contributed by atoms with Crippen molar-refractivity contribution in [2.45, 2.75) is 97.5 Å². The summed E-state index contributed by atoms with van der Waals surface area (Å²) < 4.78 is 0. The molecular weight excluding hydrogens is 393 g/mol. The maximum absolute atomic E-state index is 2.54. The molecule has 3 rings (SSSR count). The average Bonchev–Trinajstić information content (AvgIpc) is 2.71. The van der Waals surface area contributed by atoms with E-state index in [1.165, 1.54) is 50.4 Å². The van der Waals surface area contributed by atoms with Crippen LogP contribution < -0.4 is 4.90 Å². The molecule has 1 aromatic rings. The van der Waals surface area contributed by atoms with Gasteiger partial charge < -0.3 is 4.90 Å². The summed E-state index contributed by atoms with van der Waals surface area (Å²) in [4.78, 5) is 2.34. The molecule has 2 aliphatic carbocycles. The molecule has 1 aromatic carbocycles. The van der Waals surface area contributed by atoms with Crippen molar-refractivity contribution in [2.75, 3.05) is 19.0 Å². The molecule has 0 aromatic heterocycles. The smallest absolute Gasteiger partial charge is 0.0397 e. The van der Waals surface area contributed by atoms with Gasteiger partial charge >= 0.3 is 0 Å². The number of rotatable bonds is 7. The summed E-state index contributed by atoms with van der Waals surface area (Å²) in [6.45, 7) is 15.1. The maximum atomic E-state index is 2.54. The molecule has 0 radical (unpaired) electrons. The van der Waals surface area contributed by atoms with E-state index < -0.39 is 0 Å². The lowest BCUT2D eigenvalue weighted by atomic mass is 9.76. The Bertz CT molecular complexity index is 649. The molecule has 6 unspecified atom stereocenters. The molecule has 0 saturated heterocycles. The molecule has 0 amide bonds. The van der Waals surface area contributed by atoms with Crippen LogP contribution in [0.1, 0.15) is 85.6 Å². The molecule has 0 heterocycles. The van der Waals surface area contributed by atoms with Crippen LogP contribution in [0.5, 0.6) is 0 Å². The minimum Gasteiger partial charge on any atom is -0.377 e. The van der Waals surface area contributed by atoms with Crippen LogP contribution >= 0.6 is 7.92 Å². The third kappa shape index (κ3) is 6.07. The van der Waals surface area contributed by atoms with Gasteiger partial charge in [-0.15, -0.1) is 0 Å². The van der Waals surface area contributed by atoms with Gasteiger partial charge in [-0.3, -0.25) is 0 Å². The van der Waals surface area contributed by atoms with Crippen molar-refractivity contribution < 1.29 is 0 Å². The average molecular weight is 444 g/mol. The molecule has 0 aliphatic heterocycles. The van der Waals surface area contributed by atoms with Crippen LogP contribution in [0.25, 0.3) is 0 Å². The number of hydrogen-bond donors (Lipinski definition) is 0. The topological polar surface area (TPSA) is 3.24 Å². The van der Waals surface area contributed by atoms with Crippen LogP contribution in [0.4, 0.5) is 5.69 Å². The normalized spacial score (nSPS) is 33.0. The molecule has 2 heteroatoms. The highest BCUT2D eigenvalue weighted by molar-refractivity contribution is 7.58. The van der Waals surface area contributed by atoms with E-state index in [0.29, 0.717) is 0 Å². The van der Waals surface area contributed by atoms with E-state index in [-0.39, 0.29) is 7.92 Å². The van der Waals surface area contributed by atoms with Gasteiger partial charge in [0.25, 0.3) is 0 Å². The zero-order valence-corrected chi connectivity index (χ0v) is 22.7. The Balaban J connectivity index is 2.02. The van der Waals surface area contributed by atoms with E-state index >= 15 is 0 Å². The van der Waals surface area contributed by atoms with E-state index in [2.05, 4.69) is 84.8 Å². The zero-order valence-electron chi connectivity index (χ0n) is 21.8. The van der Waals surface area contributed by atoms with Gasteiger partial charge in [0.1, 0.15) is 0 Å². The second kappa shape index (κ2) is 11.0. The maximum Gasteiger partial charge on any atom is 0.0397 e. The summed E-state index contributed by atoms with van der Waals surface area (Å²) in [6.07, 6.45) is 10.1. The quantitative estimate of drug-likeness (QED) is 0.381. The first-order valence-corrected chi connectivity index (χ1v) is 14.9. The molecule has 6 atom stereocenters. The number of nitrogens with zero attached hydrogens (tertiary/aromatic N) is 1. The minimum absolute atomic E-state index is 0.0377. The van der Waals surface area contributed by atoms with Crippen LogP contribution in [0.15, 0.2) is 24.3 Å². The van der Waals surface area contributed by atoms with E-state index in [0.717, 1.165) is 46.8 Å². The fraction of sp³-hybridized carbons (Fsp3) is 0.793. The number of para-hydroxylation sites is 1. The van der Waals surface area contributed by atoms with E-state index in [1.54, 1.807) is 5.56 Å². The second-order valence-electron chi connectivity index (χ2n) is 12.0. The molecule has 31 heavy (non-hydrogen) atoms. The summed E-state index contributed by atoms with van der Waals surface area (Å²) in [5, 5.41) is 0. The van der Waals surface area contributed by atoms with Crippen LogP contribution in [0.3, 0.4) is 0 Å². The van der Waals surface area contributed by atoms with Gasteiger partial charge in [-0.1, -0.05) is 80.5 Å². The van der Waals surface area contributed by atoms with Gasteiger partial charge in [0.05, 0.1) is 0 Å². The Labute approximate surface area is 195 Å². The van der Waals surface area contributed by atoms with Crippen LogP contribution in [0.2, 0.25) is 0 Å². The van der Waals surface area contributed by atoms with Gasteiger partial charge in [0, 0.05) is 19.8 Å². The predicted octanol–water partition coefficient (Wildman–Crippen LogP) is 8.66. The first-order valence-electron chi connectivity index (χ1n) is 13.2. The van der Waals surface area contributed by atoms with Gasteiger partial charge in [-0.05, 0) is 90.3 Å². The molecule has 0 spiro atoms. The van der Waals surface area contributed by atoms with Crippen molar-refractivity contribution in [2.24, 2.45) is 35.5 Å². The van der Waals surface area contributed by atoms with Crippen LogP contribution in [0, 0.1) is 35.5 Å². The molecule has 176 valence electrons. The summed E-state index contributed by atoms with van der Waals surface area (Å²) in [5.74, 6) is 5.33. The highest BCUT2D eigenvalue weighted by atomic mass is 31.1. The van der Waals surface area contributed by atoms with Crippen molar-refractivity contribution in [3.8, 4) is 0 Å². The number of benzene rings is 1. The van der Waals surface area contributed by atoms with Gasteiger partial charge in [0.15, 0.2) is 0 Å². The standard InChI is InChI=1S/C29H50NP/c1-20(2)25-15-13-22(5)17-28(25)31(19-24-11-9-10-12-27(24)30(7)8)29-18-23(6)14-16-26(29)21(3)4/h9-12,20-23,25-26,28-29H,13-19H2,1-8H3. The Morgan fingerprint density at radius 1 is 0.806 bits per heavy atom. The monoisotopic (exact) mass is 443 g/mol. The molecule has 1 nitrogen and oxygen atoms in total. The summed E-state index contributed by atoms with van der Waals surface area (Å²) in [5.41, 5.74) is 4.96. The van der Waals surface area contributed by atoms with Crippen molar-refractivity contribution in [3.05, 3.63) is 29.8 Å². The molecule has 2 saturated carbocycles. The van der Waals surface area contributed by atoms with E-state index in [4.69, 9.17) is 0 Å². The Kier molecular flexibility index (Phi) is 8.94. The van der Waals surface area contributed by atoms with Gasteiger partial charge in [-0.2, -0.15) is 0 Å².